The summed E-state index contributed by atoms with van der Waals surface area (Å²) in [5.74, 6) is 0.267. The molecule has 0 radical (unpaired) electrons. The Hall–Kier alpha value is -2.76. The highest BCUT2D eigenvalue weighted by Crippen LogP contribution is 2.32. The second-order valence-corrected chi connectivity index (χ2v) is 12.0. The average molecular weight is 546 g/mol. The molecule has 5 rings (SSSR count). The van der Waals surface area contributed by atoms with Crippen LogP contribution in [0, 0.1) is 0 Å². The van der Waals surface area contributed by atoms with E-state index in [0.29, 0.717) is 34.6 Å². The molecule has 8 nitrogen and oxygen atoms in total. The van der Waals surface area contributed by atoms with Crippen LogP contribution in [0.3, 0.4) is 0 Å². The maximum atomic E-state index is 13.6. The molecule has 0 bridgehead atoms. The maximum Gasteiger partial charge on any atom is 0.260 e. The zero-order valence-electron chi connectivity index (χ0n) is 19.5. The Kier molecular flexibility index (Phi) is 7.14. The summed E-state index contributed by atoms with van der Waals surface area (Å²) in [7, 11) is -2.17. The molecule has 188 valence electrons. The Morgan fingerprint density at radius 1 is 1.19 bits per heavy atom. The van der Waals surface area contributed by atoms with Crippen molar-refractivity contribution in [1.82, 2.24) is 9.29 Å². The molecule has 0 spiro atoms. The van der Waals surface area contributed by atoms with Crippen LogP contribution in [0.2, 0.25) is 5.02 Å². The van der Waals surface area contributed by atoms with Gasteiger partial charge in [-0.05, 0) is 67.4 Å². The summed E-state index contributed by atoms with van der Waals surface area (Å²) < 4.78 is 39.3. The first kappa shape index (κ1) is 24.9. The van der Waals surface area contributed by atoms with Crippen molar-refractivity contribution in [3.05, 3.63) is 77.2 Å². The SMILES string of the molecule is CN(CC1CCCO1)S(=O)(=O)c1ccc(C(=O)N(Cc2ccco2)c2nc3ccc(Cl)cc3s2)cc1. The molecule has 1 aliphatic rings. The molecule has 1 unspecified atom stereocenters. The van der Waals surface area contributed by atoms with Gasteiger partial charge in [0.1, 0.15) is 5.76 Å². The quantitative estimate of drug-likeness (QED) is 0.302. The summed E-state index contributed by atoms with van der Waals surface area (Å²) in [6, 6.07) is 14.9. The Bertz CT molecular complexity index is 1460. The van der Waals surface area contributed by atoms with Crippen molar-refractivity contribution in [2.45, 2.75) is 30.4 Å². The fourth-order valence-corrected chi connectivity index (χ4v) is 6.51. The maximum absolute atomic E-state index is 13.6. The highest BCUT2D eigenvalue weighted by Gasteiger charge is 2.27. The number of fused-ring (bicyclic) bond motifs is 1. The van der Waals surface area contributed by atoms with Gasteiger partial charge in [0.25, 0.3) is 5.91 Å². The monoisotopic (exact) mass is 545 g/mol. The van der Waals surface area contributed by atoms with Crippen molar-refractivity contribution in [2.75, 3.05) is 25.1 Å². The van der Waals surface area contributed by atoms with E-state index in [2.05, 4.69) is 4.98 Å². The highest BCUT2D eigenvalue weighted by atomic mass is 35.5. The normalized spacial score (nSPS) is 16.1. The van der Waals surface area contributed by atoms with Crippen LogP contribution in [0.15, 0.2) is 70.2 Å². The van der Waals surface area contributed by atoms with E-state index in [1.54, 1.807) is 43.6 Å². The van der Waals surface area contributed by atoms with E-state index in [9.17, 15) is 13.2 Å². The van der Waals surface area contributed by atoms with Gasteiger partial charge in [-0.3, -0.25) is 9.69 Å². The van der Waals surface area contributed by atoms with Crippen LogP contribution in [-0.2, 0) is 21.3 Å². The Morgan fingerprint density at radius 3 is 2.69 bits per heavy atom. The van der Waals surface area contributed by atoms with E-state index in [4.69, 9.17) is 20.8 Å². The van der Waals surface area contributed by atoms with E-state index in [-0.39, 0.29) is 23.5 Å². The molecule has 3 heterocycles. The summed E-state index contributed by atoms with van der Waals surface area (Å²) in [5, 5.41) is 1.07. The van der Waals surface area contributed by atoms with Crippen molar-refractivity contribution < 1.29 is 22.4 Å². The molecule has 11 heteroatoms. The van der Waals surface area contributed by atoms with Crippen molar-refractivity contribution in [3.8, 4) is 0 Å². The first-order chi connectivity index (χ1) is 17.3. The fraction of sp³-hybridized carbons (Fsp3) is 0.280. The minimum Gasteiger partial charge on any atom is -0.467 e. The van der Waals surface area contributed by atoms with Gasteiger partial charge in [0.15, 0.2) is 5.13 Å². The van der Waals surface area contributed by atoms with Gasteiger partial charge in [-0.2, -0.15) is 4.31 Å². The number of hydrogen-bond donors (Lipinski definition) is 0. The third-order valence-corrected chi connectivity index (χ3v) is 9.12. The summed E-state index contributed by atoms with van der Waals surface area (Å²) in [6.45, 7) is 1.12. The largest absolute Gasteiger partial charge is 0.467 e. The summed E-state index contributed by atoms with van der Waals surface area (Å²) in [5.41, 5.74) is 1.06. The van der Waals surface area contributed by atoms with E-state index in [1.807, 2.05) is 0 Å². The van der Waals surface area contributed by atoms with E-state index < -0.39 is 10.0 Å². The molecule has 1 atom stereocenters. The summed E-state index contributed by atoms with van der Waals surface area (Å²) >= 11 is 7.47. The topological polar surface area (TPSA) is 93.0 Å². The number of hydrogen-bond acceptors (Lipinski definition) is 7. The number of carbonyl (C=O) groups excluding carboxylic acids is 1. The molecule has 1 aliphatic heterocycles. The number of ether oxygens (including phenoxy) is 1. The van der Waals surface area contributed by atoms with E-state index in [0.717, 1.165) is 23.1 Å². The molecule has 2 aromatic heterocycles. The Balaban J connectivity index is 1.41. The first-order valence-electron chi connectivity index (χ1n) is 11.4. The van der Waals surface area contributed by atoms with Gasteiger partial charge >= 0.3 is 0 Å². The first-order valence-corrected chi connectivity index (χ1v) is 14.0. The fourth-order valence-electron chi connectivity index (χ4n) is 4.06. The lowest BCUT2D eigenvalue weighted by atomic mass is 10.2. The highest BCUT2D eigenvalue weighted by molar-refractivity contribution is 7.89. The molecule has 4 aromatic rings. The third-order valence-electron chi connectivity index (χ3n) is 6.00. The van der Waals surface area contributed by atoms with Gasteiger partial charge in [0.2, 0.25) is 10.0 Å². The number of carbonyl (C=O) groups is 1. The minimum atomic E-state index is -3.71. The molecule has 36 heavy (non-hydrogen) atoms. The van der Waals surface area contributed by atoms with Gasteiger partial charge in [-0.25, -0.2) is 13.4 Å². The molecule has 1 saturated heterocycles. The van der Waals surface area contributed by atoms with Crippen molar-refractivity contribution in [3.63, 3.8) is 0 Å². The van der Waals surface area contributed by atoms with Crippen LogP contribution in [-0.4, -0.2) is 49.9 Å². The number of benzene rings is 2. The molecular formula is C25H24ClN3O5S2. The number of anilines is 1. The zero-order valence-corrected chi connectivity index (χ0v) is 21.9. The van der Waals surface area contributed by atoms with Gasteiger partial charge < -0.3 is 9.15 Å². The summed E-state index contributed by atoms with van der Waals surface area (Å²) in [6.07, 6.45) is 3.23. The van der Waals surface area contributed by atoms with Crippen molar-refractivity contribution >= 4 is 54.2 Å². The Morgan fingerprint density at radius 2 is 2.00 bits per heavy atom. The molecule has 0 aliphatic carbocycles. The number of halogens is 1. The minimum absolute atomic E-state index is 0.0931. The molecule has 0 saturated carbocycles. The van der Waals surface area contributed by atoms with Crippen LogP contribution < -0.4 is 4.90 Å². The lowest BCUT2D eigenvalue weighted by Crippen LogP contribution is -2.34. The third kappa shape index (κ3) is 5.18. The van der Waals surface area contributed by atoms with Crippen LogP contribution in [0.25, 0.3) is 10.2 Å². The molecule has 1 fully saturated rings. The average Bonchev–Trinajstić information content (AvgIpc) is 3.64. The molecule has 2 aromatic carbocycles. The number of thiazole rings is 1. The predicted molar refractivity (Wildman–Crippen MR) is 139 cm³/mol. The zero-order chi connectivity index (χ0) is 25.3. The number of furan rings is 1. The lowest BCUT2D eigenvalue weighted by molar-refractivity contribution is 0.0978. The number of aromatic nitrogens is 1. The molecule has 0 N–H and O–H groups in total. The van der Waals surface area contributed by atoms with Crippen LogP contribution in [0.5, 0.6) is 0 Å². The second kappa shape index (κ2) is 10.3. The number of sulfonamides is 1. The van der Waals surface area contributed by atoms with Gasteiger partial charge in [0, 0.05) is 30.8 Å². The van der Waals surface area contributed by atoms with E-state index in [1.165, 1.54) is 44.8 Å². The number of rotatable bonds is 8. The number of nitrogens with zero attached hydrogens (tertiary/aromatic N) is 3. The van der Waals surface area contributed by atoms with Crippen LogP contribution in [0.1, 0.15) is 29.0 Å². The molecule has 1 amide bonds. The van der Waals surface area contributed by atoms with Crippen LogP contribution >= 0.6 is 22.9 Å². The van der Waals surface area contributed by atoms with Crippen molar-refractivity contribution in [2.24, 2.45) is 0 Å². The van der Waals surface area contributed by atoms with Crippen LogP contribution in [0.4, 0.5) is 5.13 Å². The number of likely N-dealkylation sites (N-methyl/N-ethyl adjacent to an activating group) is 1. The summed E-state index contributed by atoms with van der Waals surface area (Å²) in [4.78, 5) is 19.8. The predicted octanol–water partition coefficient (Wildman–Crippen LogP) is 5.19. The smallest absolute Gasteiger partial charge is 0.260 e. The number of amides is 1. The lowest BCUT2D eigenvalue weighted by Gasteiger charge is -2.21. The van der Waals surface area contributed by atoms with Gasteiger partial charge in [-0.1, -0.05) is 22.9 Å². The Labute approximate surface area is 218 Å². The van der Waals surface area contributed by atoms with Gasteiger partial charge in [-0.15, -0.1) is 0 Å². The molecular weight excluding hydrogens is 522 g/mol. The van der Waals surface area contributed by atoms with Gasteiger partial charge in [0.05, 0.1) is 34.0 Å². The van der Waals surface area contributed by atoms with E-state index >= 15 is 0 Å². The standard InChI is InChI=1S/C25H24ClN3O5S2/c1-28(15-19-4-2-12-33-19)36(31,32)21-9-6-17(7-10-21)24(30)29(16-20-5-3-13-34-20)25-27-22-11-8-18(26)14-23(22)35-25/h3,5-11,13-14,19H,2,4,12,15-16H2,1H3. The second-order valence-electron chi connectivity index (χ2n) is 8.52. The van der Waals surface area contributed by atoms with Crippen molar-refractivity contribution in [1.29, 1.82) is 0 Å².